The normalized spacial score (nSPS) is 11.7. The summed E-state index contributed by atoms with van der Waals surface area (Å²) in [5.41, 5.74) is -1.82. The van der Waals surface area contributed by atoms with E-state index < -0.39 is 24.3 Å². The van der Waals surface area contributed by atoms with E-state index in [2.05, 4.69) is 15.9 Å². The molecule has 0 atom stereocenters. The molecule has 82 valence electrons. The van der Waals surface area contributed by atoms with Crippen molar-refractivity contribution in [3.63, 3.8) is 0 Å². The standard InChI is InChI=1S/C7H4BBrClF3O2/c9-5-2-3(10)1-4(7(11,12)13)6(5)8(14)15/h1-2,14-15H. The molecule has 0 aliphatic carbocycles. The van der Waals surface area contributed by atoms with E-state index in [1.165, 1.54) is 0 Å². The SMILES string of the molecule is OB(O)c1c(Br)cc(Cl)cc1C(F)(F)F. The quantitative estimate of drug-likeness (QED) is 0.777. The van der Waals surface area contributed by atoms with Crippen molar-refractivity contribution in [3.05, 3.63) is 27.2 Å². The van der Waals surface area contributed by atoms with Gasteiger partial charge in [0.05, 0.1) is 5.56 Å². The molecule has 1 aromatic carbocycles. The van der Waals surface area contributed by atoms with Crippen molar-refractivity contribution in [3.8, 4) is 0 Å². The summed E-state index contributed by atoms with van der Waals surface area (Å²) in [6.07, 6.45) is -4.69. The van der Waals surface area contributed by atoms with Crippen molar-refractivity contribution in [2.45, 2.75) is 6.18 Å². The number of hydrogen-bond acceptors (Lipinski definition) is 2. The maximum atomic E-state index is 12.5. The molecule has 1 aromatic rings. The van der Waals surface area contributed by atoms with Crippen molar-refractivity contribution >= 4 is 40.1 Å². The van der Waals surface area contributed by atoms with Crippen LogP contribution in [0, 0.1) is 0 Å². The van der Waals surface area contributed by atoms with Gasteiger partial charge in [0.25, 0.3) is 0 Å². The van der Waals surface area contributed by atoms with E-state index in [0.29, 0.717) is 6.07 Å². The van der Waals surface area contributed by atoms with Crippen LogP contribution in [-0.2, 0) is 6.18 Å². The Balaban J connectivity index is 3.47. The van der Waals surface area contributed by atoms with Gasteiger partial charge in [-0.15, -0.1) is 0 Å². The summed E-state index contributed by atoms with van der Waals surface area (Å²) in [5.74, 6) is 0. The molecule has 0 spiro atoms. The fourth-order valence-corrected chi connectivity index (χ4v) is 2.10. The molecule has 0 heterocycles. The van der Waals surface area contributed by atoms with Gasteiger partial charge in [-0.1, -0.05) is 27.5 Å². The number of benzene rings is 1. The van der Waals surface area contributed by atoms with Crippen molar-refractivity contribution < 1.29 is 23.2 Å². The molecule has 0 aliphatic heterocycles. The first-order chi connectivity index (χ1) is 6.73. The second kappa shape index (κ2) is 4.33. The fourth-order valence-electron chi connectivity index (χ4n) is 1.08. The van der Waals surface area contributed by atoms with Crippen molar-refractivity contribution in [2.24, 2.45) is 0 Å². The first-order valence-corrected chi connectivity index (χ1v) is 4.83. The number of rotatable bonds is 1. The molecule has 2 N–H and O–H groups in total. The Morgan fingerprint density at radius 1 is 1.27 bits per heavy atom. The Morgan fingerprint density at radius 3 is 2.20 bits per heavy atom. The Hall–Kier alpha value is -0.235. The van der Waals surface area contributed by atoms with Crippen LogP contribution in [0.5, 0.6) is 0 Å². The van der Waals surface area contributed by atoms with Crippen molar-refractivity contribution in [1.29, 1.82) is 0 Å². The highest BCUT2D eigenvalue weighted by Gasteiger charge is 2.37. The van der Waals surface area contributed by atoms with Gasteiger partial charge in [-0.05, 0) is 12.1 Å². The van der Waals surface area contributed by atoms with Crippen LogP contribution in [0.1, 0.15) is 5.56 Å². The highest BCUT2D eigenvalue weighted by molar-refractivity contribution is 9.10. The molecule has 0 fully saturated rings. The van der Waals surface area contributed by atoms with E-state index in [4.69, 9.17) is 21.6 Å². The minimum atomic E-state index is -4.69. The zero-order chi connectivity index (χ0) is 11.8. The fraction of sp³-hybridized carbons (Fsp3) is 0.143. The molecule has 0 unspecified atom stereocenters. The average molecular weight is 303 g/mol. The first kappa shape index (κ1) is 12.8. The summed E-state index contributed by atoms with van der Waals surface area (Å²) < 4.78 is 37.3. The smallest absolute Gasteiger partial charge is 0.423 e. The zero-order valence-corrected chi connectivity index (χ0v) is 9.36. The molecule has 2 nitrogen and oxygen atoms in total. The van der Waals surface area contributed by atoms with E-state index in [1.807, 2.05) is 0 Å². The Bertz CT molecular complexity index is 383. The summed E-state index contributed by atoms with van der Waals surface area (Å²) in [6, 6.07) is 1.80. The summed E-state index contributed by atoms with van der Waals surface area (Å²) in [5, 5.41) is 17.5. The number of hydrogen-bond donors (Lipinski definition) is 2. The van der Waals surface area contributed by atoms with Gasteiger partial charge in [0, 0.05) is 15.0 Å². The Kier molecular flexibility index (Phi) is 3.70. The lowest BCUT2D eigenvalue weighted by Gasteiger charge is -2.14. The maximum absolute atomic E-state index is 12.5. The van der Waals surface area contributed by atoms with Gasteiger partial charge in [-0.3, -0.25) is 0 Å². The Labute approximate surface area is 96.9 Å². The van der Waals surface area contributed by atoms with Crippen LogP contribution in [-0.4, -0.2) is 17.2 Å². The largest absolute Gasteiger partial charge is 0.490 e. The second-order valence-electron chi connectivity index (χ2n) is 2.72. The lowest BCUT2D eigenvalue weighted by atomic mass is 9.77. The number of halogens is 5. The van der Waals surface area contributed by atoms with Gasteiger partial charge in [0.2, 0.25) is 0 Å². The van der Waals surface area contributed by atoms with E-state index in [9.17, 15) is 13.2 Å². The highest BCUT2D eigenvalue weighted by atomic mass is 79.9. The summed E-state index contributed by atoms with van der Waals surface area (Å²) >= 11 is 8.23. The molecule has 0 saturated carbocycles. The number of alkyl halides is 3. The zero-order valence-electron chi connectivity index (χ0n) is 7.02. The van der Waals surface area contributed by atoms with Crippen LogP contribution in [0.25, 0.3) is 0 Å². The van der Waals surface area contributed by atoms with Crippen LogP contribution in [0.3, 0.4) is 0 Å². The highest BCUT2D eigenvalue weighted by Crippen LogP contribution is 2.32. The van der Waals surface area contributed by atoms with E-state index in [-0.39, 0.29) is 9.50 Å². The van der Waals surface area contributed by atoms with Gasteiger partial charge in [-0.25, -0.2) is 0 Å². The monoisotopic (exact) mass is 302 g/mol. The molecule has 8 heteroatoms. The molecule has 15 heavy (non-hydrogen) atoms. The van der Waals surface area contributed by atoms with Gasteiger partial charge in [0.1, 0.15) is 0 Å². The molecular weight excluding hydrogens is 299 g/mol. The summed E-state index contributed by atoms with van der Waals surface area (Å²) in [4.78, 5) is 0. The molecule has 0 radical (unpaired) electrons. The predicted octanol–water partition coefficient (Wildman–Crippen LogP) is 1.80. The molecule has 0 saturated heterocycles. The second-order valence-corrected chi connectivity index (χ2v) is 4.01. The lowest BCUT2D eigenvalue weighted by molar-refractivity contribution is -0.136. The topological polar surface area (TPSA) is 40.5 Å². The Morgan fingerprint density at radius 2 is 1.80 bits per heavy atom. The minimum absolute atomic E-state index is 0.0997. The molecule has 1 rings (SSSR count). The first-order valence-electron chi connectivity index (χ1n) is 3.65. The summed E-state index contributed by atoms with van der Waals surface area (Å²) in [6.45, 7) is 0. The average Bonchev–Trinajstić information content (AvgIpc) is 1.99. The van der Waals surface area contributed by atoms with Gasteiger partial charge < -0.3 is 10.0 Å². The van der Waals surface area contributed by atoms with E-state index in [0.717, 1.165) is 6.07 Å². The lowest BCUT2D eigenvalue weighted by Crippen LogP contribution is -2.37. The van der Waals surface area contributed by atoms with Crippen LogP contribution in [0.2, 0.25) is 5.02 Å². The van der Waals surface area contributed by atoms with Gasteiger partial charge >= 0.3 is 13.3 Å². The third-order valence-electron chi connectivity index (χ3n) is 1.66. The van der Waals surface area contributed by atoms with Crippen molar-refractivity contribution in [1.82, 2.24) is 0 Å². The third kappa shape index (κ3) is 2.87. The molecule has 0 aliphatic rings. The van der Waals surface area contributed by atoms with E-state index in [1.54, 1.807) is 0 Å². The van der Waals surface area contributed by atoms with Crippen molar-refractivity contribution in [2.75, 3.05) is 0 Å². The molecular formula is C7H4BBrClF3O2. The summed E-state index contributed by atoms with van der Waals surface area (Å²) in [7, 11) is -2.21. The van der Waals surface area contributed by atoms with Crippen LogP contribution in [0.4, 0.5) is 13.2 Å². The van der Waals surface area contributed by atoms with Crippen LogP contribution >= 0.6 is 27.5 Å². The van der Waals surface area contributed by atoms with Gasteiger partial charge in [0.15, 0.2) is 0 Å². The molecule has 0 aromatic heterocycles. The van der Waals surface area contributed by atoms with Crippen LogP contribution in [0.15, 0.2) is 16.6 Å². The van der Waals surface area contributed by atoms with Gasteiger partial charge in [-0.2, -0.15) is 13.2 Å². The molecule has 0 amide bonds. The van der Waals surface area contributed by atoms with Crippen LogP contribution < -0.4 is 5.46 Å². The third-order valence-corrected chi connectivity index (χ3v) is 2.53. The minimum Gasteiger partial charge on any atom is -0.423 e. The molecule has 0 bridgehead atoms. The predicted molar refractivity (Wildman–Crippen MR) is 54.0 cm³/mol. The maximum Gasteiger partial charge on any atom is 0.490 e. The van der Waals surface area contributed by atoms with E-state index >= 15 is 0 Å².